The molecule has 39 heavy (non-hydrogen) atoms. The largest absolute Gasteiger partial charge is 0.378 e. The topological polar surface area (TPSA) is 103 Å². The van der Waals surface area contributed by atoms with Gasteiger partial charge in [-0.05, 0) is 86.0 Å². The molecular formula is C29H33N7O2S. The van der Waals surface area contributed by atoms with Crippen LogP contribution >= 0.6 is 11.8 Å². The summed E-state index contributed by atoms with van der Waals surface area (Å²) in [5.41, 5.74) is 6.16. The van der Waals surface area contributed by atoms with E-state index in [1.165, 1.54) is 5.56 Å². The van der Waals surface area contributed by atoms with Gasteiger partial charge in [0.05, 0.1) is 22.0 Å². The van der Waals surface area contributed by atoms with Crippen molar-refractivity contribution in [3.8, 4) is 11.3 Å². The molecule has 0 saturated carbocycles. The molecule has 2 fully saturated rings. The molecule has 0 atom stereocenters. The zero-order valence-corrected chi connectivity index (χ0v) is 23.3. The van der Waals surface area contributed by atoms with E-state index in [4.69, 9.17) is 4.98 Å². The Hall–Kier alpha value is -3.76. The second-order valence-electron chi connectivity index (χ2n) is 10.2. The molecule has 202 valence electrons. The third kappa shape index (κ3) is 6.82. The lowest BCUT2D eigenvalue weighted by molar-refractivity contribution is -0.115. The van der Waals surface area contributed by atoms with Gasteiger partial charge in [0.2, 0.25) is 5.95 Å². The average Bonchev–Trinajstić information content (AvgIpc) is 3.25. The van der Waals surface area contributed by atoms with Crippen LogP contribution in [-0.4, -0.2) is 59.8 Å². The van der Waals surface area contributed by atoms with Crippen LogP contribution in [0.15, 0.2) is 53.6 Å². The summed E-state index contributed by atoms with van der Waals surface area (Å²) in [7, 11) is 4.10. The first-order valence-corrected chi connectivity index (χ1v) is 13.9. The molecule has 2 aliphatic rings. The van der Waals surface area contributed by atoms with Gasteiger partial charge in [-0.15, -0.1) is 0 Å². The van der Waals surface area contributed by atoms with Crippen molar-refractivity contribution >= 4 is 40.6 Å². The number of carbonyl (C=O) groups excluding carboxylic acids is 2. The van der Waals surface area contributed by atoms with Crippen LogP contribution in [0.4, 0.5) is 16.4 Å². The number of hydrogen-bond acceptors (Lipinski definition) is 9. The lowest BCUT2D eigenvalue weighted by Crippen LogP contribution is -2.38. The predicted octanol–water partition coefficient (Wildman–Crippen LogP) is 4.24. The van der Waals surface area contributed by atoms with Gasteiger partial charge < -0.3 is 15.1 Å². The van der Waals surface area contributed by atoms with Crippen molar-refractivity contribution in [2.24, 2.45) is 5.92 Å². The minimum atomic E-state index is -0.380. The van der Waals surface area contributed by atoms with Gasteiger partial charge in [0.1, 0.15) is 0 Å². The Morgan fingerprint density at radius 2 is 1.95 bits per heavy atom. The van der Waals surface area contributed by atoms with Crippen molar-refractivity contribution < 1.29 is 9.59 Å². The van der Waals surface area contributed by atoms with E-state index in [0.29, 0.717) is 22.5 Å². The smallest absolute Gasteiger partial charge is 0.290 e. The van der Waals surface area contributed by atoms with Crippen molar-refractivity contribution in [1.29, 1.82) is 0 Å². The standard InChI is InChI=1S/C29H33N7O2S/c1-19-13-23(32-25(14-19)21-5-4-6-24(15-21)35(2)3)18-30-17-20-8-11-36(12-9-20)28-31-10-7-22(33-28)16-26-27(37)34-29(38)39-26/h4-7,10,13-16,20,30H,8-9,11-12,17-18H2,1-3H3,(H,34,37,38)/b26-16-. The Morgan fingerprint density at radius 1 is 1.13 bits per heavy atom. The molecule has 0 aliphatic carbocycles. The summed E-state index contributed by atoms with van der Waals surface area (Å²) >= 11 is 0.892. The monoisotopic (exact) mass is 543 g/mol. The molecule has 5 rings (SSSR count). The second kappa shape index (κ2) is 12.0. The maximum absolute atomic E-state index is 11.8. The number of imide groups is 1. The number of carbonyl (C=O) groups is 2. The molecule has 0 unspecified atom stereocenters. The first-order chi connectivity index (χ1) is 18.8. The van der Waals surface area contributed by atoms with Gasteiger partial charge in [0.15, 0.2) is 0 Å². The molecule has 0 spiro atoms. The Bertz CT molecular complexity index is 1400. The zero-order chi connectivity index (χ0) is 27.4. The molecule has 4 heterocycles. The van der Waals surface area contributed by atoms with Crippen LogP contribution in [0, 0.1) is 12.8 Å². The first kappa shape index (κ1) is 26.8. The number of thioether (sulfide) groups is 1. The van der Waals surface area contributed by atoms with E-state index < -0.39 is 0 Å². The fourth-order valence-corrected chi connectivity index (χ4v) is 5.48. The number of aromatic nitrogens is 3. The number of nitrogens with zero attached hydrogens (tertiary/aromatic N) is 5. The maximum Gasteiger partial charge on any atom is 0.290 e. The Morgan fingerprint density at radius 3 is 2.69 bits per heavy atom. The number of pyridine rings is 1. The fraction of sp³-hybridized carbons (Fsp3) is 0.345. The molecule has 2 aliphatic heterocycles. The molecule has 2 N–H and O–H groups in total. The first-order valence-electron chi connectivity index (χ1n) is 13.1. The van der Waals surface area contributed by atoms with Gasteiger partial charge in [-0.25, -0.2) is 9.97 Å². The summed E-state index contributed by atoms with van der Waals surface area (Å²) in [6.45, 7) is 5.53. The molecular weight excluding hydrogens is 510 g/mol. The summed E-state index contributed by atoms with van der Waals surface area (Å²) in [6, 6.07) is 14.5. The highest BCUT2D eigenvalue weighted by Gasteiger charge is 2.26. The lowest BCUT2D eigenvalue weighted by atomic mass is 9.97. The number of benzene rings is 1. The highest BCUT2D eigenvalue weighted by atomic mass is 32.2. The van der Waals surface area contributed by atoms with Gasteiger partial charge in [-0.2, -0.15) is 0 Å². The summed E-state index contributed by atoms with van der Waals surface area (Å²) in [5, 5.41) is 5.53. The average molecular weight is 544 g/mol. The van der Waals surface area contributed by atoms with Crippen LogP contribution in [-0.2, 0) is 11.3 Å². The van der Waals surface area contributed by atoms with Gasteiger partial charge in [-0.3, -0.25) is 19.9 Å². The minimum Gasteiger partial charge on any atom is -0.378 e. The normalized spacial score (nSPS) is 17.1. The second-order valence-corrected chi connectivity index (χ2v) is 11.2. The van der Waals surface area contributed by atoms with Crippen molar-refractivity contribution in [1.82, 2.24) is 25.6 Å². The number of piperidine rings is 1. The van der Waals surface area contributed by atoms with Crippen LogP contribution in [0.5, 0.6) is 0 Å². The lowest BCUT2D eigenvalue weighted by Gasteiger charge is -2.32. The van der Waals surface area contributed by atoms with E-state index in [9.17, 15) is 9.59 Å². The fourth-order valence-electron chi connectivity index (χ4n) is 4.81. The number of rotatable bonds is 8. The van der Waals surface area contributed by atoms with Gasteiger partial charge in [-0.1, -0.05) is 12.1 Å². The van der Waals surface area contributed by atoms with E-state index in [0.717, 1.165) is 73.4 Å². The van der Waals surface area contributed by atoms with Crippen LogP contribution in [0.3, 0.4) is 0 Å². The third-order valence-electron chi connectivity index (χ3n) is 6.90. The van der Waals surface area contributed by atoms with E-state index in [1.54, 1.807) is 18.3 Å². The Labute approximate surface area is 233 Å². The number of anilines is 2. The van der Waals surface area contributed by atoms with Crippen molar-refractivity contribution in [3.63, 3.8) is 0 Å². The molecule has 10 heteroatoms. The Kier molecular flexibility index (Phi) is 8.23. The molecule has 1 aromatic carbocycles. The third-order valence-corrected chi connectivity index (χ3v) is 7.71. The van der Waals surface area contributed by atoms with Crippen LogP contribution in [0.1, 0.15) is 29.8 Å². The van der Waals surface area contributed by atoms with E-state index in [1.807, 2.05) is 14.1 Å². The van der Waals surface area contributed by atoms with Crippen molar-refractivity contribution in [2.75, 3.05) is 43.5 Å². The van der Waals surface area contributed by atoms with Gasteiger partial charge in [0, 0.05) is 51.2 Å². The molecule has 3 aromatic rings. The number of nitrogens with one attached hydrogen (secondary N) is 2. The van der Waals surface area contributed by atoms with Crippen LogP contribution in [0.2, 0.25) is 0 Å². The molecule has 0 bridgehead atoms. The summed E-state index contributed by atoms with van der Waals surface area (Å²) in [5.74, 6) is 0.839. The van der Waals surface area contributed by atoms with Crippen LogP contribution in [0.25, 0.3) is 17.3 Å². The zero-order valence-electron chi connectivity index (χ0n) is 22.5. The van der Waals surface area contributed by atoms with E-state index in [-0.39, 0.29) is 11.1 Å². The van der Waals surface area contributed by atoms with Crippen LogP contribution < -0.4 is 20.4 Å². The van der Waals surface area contributed by atoms with E-state index >= 15 is 0 Å². The Balaban J connectivity index is 1.14. The van der Waals surface area contributed by atoms with Crippen molar-refractivity contribution in [2.45, 2.75) is 26.3 Å². The summed E-state index contributed by atoms with van der Waals surface area (Å²) in [4.78, 5) is 41.9. The molecule has 2 aromatic heterocycles. The van der Waals surface area contributed by atoms with Gasteiger partial charge in [0.25, 0.3) is 11.1 Å². The highest BCUT2D eigenvalue weighted by molar-refractivity contribution is 8.18. The molecule has 2 amide bonds. The van der Waals surface area contributed by atoms with Gasteiger partial charge >= 0.3 is 0 Å². The maximum atomic E-state index is 11.8. The highest BCUT2D eigenvalue weighted by Crippen LogP contribution is 2.27. The molecule has 9 nitrogen and oxygen atoms in total. The minimum absolute atomic E-state index is 0.353. The molecule has 0 radical (unpaired) electrons. The SMILES string of the molecule is Cc1cc(CNCC2CCN(c3nccc(/C=C4\SC(=O)NC4=O)n3)CC2)nc(-c2cccc(N(C)C)c2)c1. The number of amides is 2. The van der Waals surface area contributed by atoms with E-state index in [2.05, 4.69) is 73.7 Å². The predicted molar refractivity (Wildman–Crippen MR) is 157 cm³/mol. The number of aryl methyl sites for hydroxylation is 1. The summed E-state index contributed by atoms with van der Waals surface area (Å²) in [6.07, 6.45) is 5.41. The number of hydrogen-bond donors (Lipinski definition) is 2. The quantitative estimate of drug-likeness (QED) is 0.404. The summed E-state index contributed by atoms with van der Waals surface area (Å²) < 4.78 is 0. The molecule has 2 saturated heterocycles. The van der Waals surface area contributed by atoms with Crippen molar-refractivity contribution in [3.05, 3.63) is 70.5 Å².